The van der Waals surface area contributed by atoms with Crippen molar-refractivity contribution in [3.63, 3.8) is 0 Å². The van der Waals surface area contributed by atoms with Crippen molar-refractivity contribution in [1.29, 1.82) is 0 Å². The molecule has 0 saturated heterocycles. The summed E-state index contributed by atoms with van der Waals surface area (Å²) in [5.41, 5.74) is 12.8. The van der Waals surface area contributed by atoms with Crippen molar-refractivity contribution in [3.8, 4) is 0 Å². The van der Waals surface area contributed by atoms with Crippen LogP contribution in [0.1, 0.15) is 204 Å². The predicted molar refractivity (Wildman–Crippen MR) is 232 cm³/mol. The number of hydrogen-bond acceptors (Lipinski definition) is 3. The van der Waals surface area contributed by atoms with Gasteiger partial charge in [0.05, 0.1) is 0 Å². The highest BCUT2D eigenvalue weighted by Gasteiger charge is 2.39. The fraction of sp³-hybridized carbons (Fsp3) is 0.800. The number of carbonyl (C=O) groups excluding carboxylic acids is 2. The van der Waals surface area contributed by atoms with Crippen LogP contribution in [0.5, 0.6) is 0 Å². The summed E-state index contributed by atoms with van der Waals surface area (Å²) in [6.07, 6.45) is 8.16. The average Bonchev–Trinajstić information content (AvgIpc) is 3.07. The molecule has 0 unspecified atom stereocenters. The quantitative estimate of drug-likeness (QED) is 0.213. The molecule has 0 saturated carbocycles. The van der Waals surface area contributed by atoms with Crippen molar-refractivity contribution in [1.82, 2.24) is 0 Å². The molecule has 3 heteroatoms. The normalized spacial score (nSPS) is 30.3. The van der Waals surface area contributed by atoms with Crippen LogP contribution >= 0.6 is 0 Å². The summed E-state index contributed by atoms with van der Waals surface area (Å²) < 4.78 is 5.66. The Morgan fingerprint density at radius 2 is 1.06 bits per heavy atom. The maximum atomic E-state index is 11.8. The van der Waals surface area contributed by atoms with Crippen molar-refractivity contribution in [2.75, 3.05) is 0 Å². The molecule has 53 heavy (non-hydrogen) atoms. The zero-order valence-corrected chi connectivity index (χ0v) is 39.3. The van der Waals surface area contributed by atoms with E-state index >= 15 is 0 Å². The van der Waals surface area contributed by atoms with Crippen molar-refractivity contribution in [2.24, 2.45) is 51.2 Å². The Labute approximate surface area is 330 Å². The number of allylic oxidation sites excluding steroid dienone is 7. The lowest BCUT2D eigenvalue weighted by molar-refractivity contribution is -0.149. The zero-order chi connectivity index (χ0) is 41.6. The minimum Gasteiger partial charge on any atom is -0.458 e. The molecule has 306 valence electrons. The molecule has 0 heterocycles. The number of unbranched alkanes of at least 4 members (excludes halogenated alkanes) is 1. The third-order valence-electron chi connectivity index (χ3n) is 15.7. The number of ether oxygens (including phenoxy) is 1. The van der Waals surface area contributed by atoms with Gasteiger partial charge in [-0.15, -0.1) is 0 Å². The highest BCUT2D eigenvalue weighted by atomic mass is 16.5. The van der Waals surface area contributed by atoms with Gasteiger partial charge in [0, 0.05) is 12.8 Å². The molecule has 4 aliphatic rings. The number of esters is 1. The SMILES string of the molecule is CC1=C(C)[C@H](C)C(C)(C)CC1.CC1=C(C)[C@H](C)C(C)(C)CC1=O.CC1=C(C)[C@H](C)C(C)(C)C[C@H]1C.CCCCC(=O)O[C@@H]1CC(C)(C)[C@@H](C)C(C)=C1C. The molecule has 4 aliphatic carbocycles. The van der Waals surface area contributed by atoms with Crippen LogP contribution in [0.25, 0.3) is 0 Å². The van der Waals surface area contributed by atoms with Gasteiger partial charge in [0.15, 0.2) is 5.78 Å². The van der Waals surface area contributed by atoms with Gasteiger partial charge in [-0.25, -0.2) is 0 Å². The van der Waals surface area contributed by atoms with E-state index in [-0.39, 0.29) is 22.9 Å². The highest BCUT2D eigenvalue weighted by Crippen LogP contribution is 2.47. The fourth-order valence-electron chi connectivity index (χ4n) is 8.80. The molecule has 3 nitrogen and oxygen atoms in total. The molecule has 0 fully saturated rings. The van der Waals surface area contributed by atoms with E-state index in [2.05, 4.69) is 145 Å². The molecular formula is C50H88O3. The second-order valence-electron chi connectivity index (χ2n) is 20.8. The van der Waals surface area contributed by atoms with Crippen LogP contribution in [0, 0.1) is 51.2 Å². The Bertz CT molecular complexity index is 1400. The molecule has 0 aromatic carbocycles. The van der Waals surface area contributed by atoms with Gasteiger partial charge < -0.3 is 4.74 Å². The summed E-state index contributed by atoms with van der Waals surface area (Å²) in [5.74, 6) is 3.70. The van der Waals surface area contributed by atoms with Crippen LogP contribution in [0.15, 0.2) is 44.6 Å². The second-order valence-corrected chi connectivity index (χ2v) is 20.8. The van der Waals surface area contributed by atoms with Gasteiger partial charge >= 0.3 is 5.97 Å². The van der Waals surface area contributed by atoms with Crippen LogP contribution in [-0.2, 0) is 14.3 Å². The van der Waals surface area contributed by atoms with E-state index in [1.54, 1.807) is 22.3 Å². The summed E-state index contributed by atoms with van der Waals surface area (Å²) >= 11 is 0. The molecule has 0 aromatic rings. The van der Waals surface area contributed by atoms with Crippen molar-refractivity contribution in [3.05, 3.63) is 44.6 Å². The summed E-state index contributed by atoms with van der Waals surface area (Å²) in [7, 11) is 0. The molecule has 0 spiro atoms. The molecule has 0 aromatic heterocycles. The molecule has 4 rings (SSSR count). The average molecular weight is 737 g/mol. The molecule has 0 bridgehead atoms. The lowest BCUT2D eigenvalue weighted by Crippen LogP contribution is -2.36. The highest BCUT2D eigenvalue weighted by molar-refractivity contribution is 5.97. The first-order valence-corrected chi connectivity index (χ1v) is 21.4. The van der Waals surface area contributed by atoms with Crippen molar-refractivity contribution < 1.29 is 14.3 Å². The van der Waals surface area contributed by atoms with Gasteiger partial charge in [-0.3, -0.25) is 9.59 Å². The first-order chi connectivity index (χ1) is 24.0. The Morgan fingerprint density at radius 3 is 1.55 bits per heavy atom. The van der Waals surface area contributed by atoms with Crippen LogP contribution < -0.4 is 0 Å². The third kappa shape index (κ3) is 12.8. The van der Waals surface area contributed by atoms with E-state index in [9.17, 15) is 9.59 Å². The van der Waals surface area contributed by atoms with Gasteiger partial charge in [0.25, 0.3) is 0 Å². The maximum Gasteiger partial charge on any atom is 0.306 e. The van der Waals surface area contributed by atoms with Gasteiger partial charge in [-0.2, -0.15) is 0 Å². The van der Waals surface area contributed by atoms with Crippen LogP contribution in [0.2, 0.25) is 0 Å². The topological polar surface area (TPSA) is 43.4 Å². The second kappa shape index (κ2) is 19.3. The number of rotatable bonds is 4. The van der Waals surface area contributed by atoms with E-state index in [1.807, 2.05) is 6.92 Å². The van der Waals surface area contributed by atoms with Gasteiger partial charge in [-0.1, -0.05) is 137 Å². The Balaban J connectivity index is 0.000000361. The predicted octanol–water partition coefficient (Wildman–Crippen LogP) is 15.3. The Kier molecular flexibility index (Phi) is 17.9. The van der Waals surface area contributed by atoms with E-state index in [0.717, 1.165) is 42.6 Å². The first-order valence-electron chi connectivity index (χ1n) is 21.4. The minimum absolute atomic E-state index is 0.0134. The largest absolute Gasteiger partial charge is 0.458 e. The lowest BCUT2D eigenvalue weighted by Gasteiger charge is -2.41. The van der Waals surface area contributed by atoms with Crippen molar-refractivity contribution >= 4 is 11.8 Å². The van der Waals surface area contributed by atoms with E-state index < -0.39 is 0 Å². The Morgan fingerprint density at radius 1 is 0.604 bits per heavy atom. The van der Waals surface area contributed by atoms with Crippen LogP contribution in [-0.4, -0.2) is 17.9 Å². The van der Waals surface area contributed by atoms with Gasteiger partial charge in [0.1, 0.15) is 6.10 Å². The zero-order valence-electron chi connectivity index (χ0n) is 39.3. The molecular weight excluding hydrogens is 649 g/mol. The maximum absolute atomic E-state index is 11.8. The molecule has 6 atom stereocenters. The molecule has 0 amide bonds. The summed E-state index contributed by atoms with van der Waals surface area (Å²) in [6, 6.07) is 0. The number of Topliss-reactive ketones (excluding diaryl/α,β-unsaturated/α-hetero) is 1. The number of carbonyl (C=O) groups is 2. The monoisotopic (exact) mass is 737 g/mol. The van der Waals surface area contributed by atoms with E-state index in [4.69, 9.17) is 4.74 Å². The summed E-state index contributed by atoms with van der Waals surface area (Å²) in [5, 5.41) is 0. The van der Waals surface area contributed by atoms with E-state index in [1.165, 1.54) is 36.0 Å². The number of hydrogen-bond donors (Lipinski definition) is 0. The third-order valence-corrected chi connectivity index (χ3v) is 15.7. The van der Waals surface area contributed by atoms with Gasteiger partial charge in [0.2, 0.25) is 0 Å². The van der Waals surface area contributed by atoms with Crippen LogP contribution in [0.3, 0.4) is 0 Å². The first kappa shape index (κ1) is 49.1. The minimum atomic E-state index is -0.0423. The lowest BCUT2D eigenvalue weighted by atomic mass is 9.64. The molecule has 0 radical (unpaired) electrons. The number of ketones is 1. The molecule has 0 N–H and O–H groups in total. The van der Waals surface area contributed by atoms with Crippen molar-refractivity contribution in [2.45, 2.75) is 210 Å². The molecule has 0 aliphatic heterocycles. The van der Waals surface area contributed by atoms with E-state index in [0.29, 0.717) is 41.3 Å². The Hall–Kier alpha value is -1.90. The summed E-state index contributed by atoms with van der Waals surface area (Å²) in [6.45, 7) is 49.6. The van der Waals surface area contributed by atoms with Gasteiger partial charge in [-0.05, 0) is 150 Å². The fourth-order valence-corrected chi connectivity index (χ4v) is 8.80. The summed E-state index contributed by atoms with van der Waals surface area (Å²) in [4.78, 5) is 23.3. The standard InChI is InChI=1S/C16H28O2.C12H22.C11H18O.C11H20/c1-7-8-9-15(17)18-14-10-16(5,6)13(4)11(2)12(14)3;1-8-7-12(5,6)11(4)10(3)9(8)2;1-7-8(2)10(12)6-11(4,5)9(7)3;1-8-6-7-11(4,5)10(3)9(8)2/h13-14H,7-10H2,1-6H3;8,11H,7H2,1-6H3;9H,6H2,1-5H3;10H,6-7H2,1-5H3/t13-,14+;8-,11+;9-;10-/m0100/s1. The van der Waals surface area contributed by atoms with Crippen LogP contribution in [0.4, 0.5) is 0 Å². The smallest absolute Gasteiger partial charge is 0.306 e.